The normalized spacial score (nSPS) is 12.4. The van der Waals surface area contributed by atoms with Gasteiger partial charge >= 0.3 is 11.9 Å². The van der Waals surface area contributed by atoms with Crippen LogP contribution in [0.1, 0.15) is 50.6 Å². The number of esters is 2. The first kappa shape index (κ1) is 28.9. The highest BCUT2D eigenvalue weighted by atomic mass is 16.6. The summed E-state index contributed by atoms with van der Waals surface area (Å²) in [6.07, 6.45) is -2.92. The molecule has 10 heteroatoms. The van der Waals surface area contributed by atoms with Crippen LogP contribution in [0.4, 0.5) is 0 Å². The molecule has 0 aliphatic heterocycles. The summed E-state index contributed by atoms with van der Waals surface area (Å²) in [4.78, 5) is 70.2. The molecule has 41 heavy (non-hydrogen) atoms. The van der Waals surface area contributed by atoms with Crippen molar-refractivity contribution in [1.29, 1.82) is 0 Å². The fourth-order valence-electron chi connectivity index (χ4n) is 4.55. The van der Waals surface area contributed by atoms with Crippen LogP contribution in [0.5, 0.6) is 0 Å². The van der Waals surface area contributed by atoms with Crippen LogP contribution in [-0.4, -0.2) is 45.6 Å². The van der Waals surface area contributed by atoms with Crippen molar-refractivity contribution in [3.63, 3.8) is 0 Å². The monoisotopic (exact) mass is 555 g/mol. The highest BCUT2D eigenvalue weighted by Crippen LogP contribution is 2.31. The van der Waals surface area contributed by atoms with E-state index in [-0.39, 0.29) is 11.2 Å². The molecule has 0 aliphatic rings. The summed E-state index contributed by atoms with van der Waals surface area (Å²) in [6, 6.07) is 24.9. The largest absolute Gasteiger partial charge is 0.453 e. The van der Waals surface area contributed by atoms with Gasteiger partial charge in [0, 0.05) is 13.8 Å². The summed E-state index contributed by atoms with van der Waals surface area (Å²) in [7, 11) is 0. The first-order valence-electron chi connectivity index (χ1n) is 12.9. The summed E-state index contributed by atoms with van der Waals surface area (Å²) in [6.45, 7) is 4.80. The zero-order chi connectivity index (χ0) is 29.7. The number of carbonyl (C=O) groups is 4. The lowest BCUT2D eigenvalue weighted by Crippen LogP contribution is -2.58. The number of benzene rings is 3. The maximum atomic E-state index is 14.2. The smallest absolute Gasteiger partial charge is 0.303 e. The van der Waals surface area contributed by atoms with Crippen LogP contribution in [0.2, 0.25) is 0 Å². The number of para-hydroxylation sites is 1. The fraction of sp³-hybridized carbons (Fsp3) is 0.226. The number of hydrogen-bond acceptors (Lipinski definition) is 8. The summed E-state index contributed by atoms with van der Waals surface area (Å²) >= 11 is 0. The van der Waals surface area contributed by atoms with Gasteiger partial charge in [-0.1, -0.05) is 72.8 Å². The van der Waals surface area contributed by atoms with E-state index in [1.165, 1.54) is 19.9 Å². The Bertz CT molecular complexity index is 1580. The number of carbonyl (C=O) groups excluding carboxylic acids is 4. The molecule has 10 nitrogen and oxygen atoms in total. The number of hydrogen-bond donors (Lipinski definition) is 0. The van der Waals surface area contributed by atoms with Crippen molar-refractivity contribution in [3.05, 3.63) is 112 Å². The summed E-state index contributed by atoms with van der Waals surface area (Å²) in [5.41, 5.74) is 1.10. The second-order valence-corrected chi connectivity index (χ2v) is 9.35. The lowest BCUT2D eigenvalue weighted by molar-refractivity contribution is -0.156. The zero-order valence-electron chi connectivity index (χ0n) is 23.0. The maximum absolute atomic E-state index is 14.2. The third-order valence-electron chi connectivity index (χ3n) is 6.30. The van der Waals surface area contributed by atoms with E-state index in [4.69, 9.17) is 14.5 Å². The Kier molecular flexibility index (Phi) is 8.72. The van der Waals surface area contributed by atoms with Crippen LogP contribution in [0.15, 0.2) is 89.7 Å². The molecule has 0 bridgehead atoms. The summed E-state index contributed by atoms with van der Waals surface area (Å²) in [5.74, 6) is -4.23. The molecule has 0 N–H and O–H groups in total. The van der Waals surface area contributed by atoms with Gasteiger partial charge in [-0.25, -0.2) is 4.98 Å². The van der Waals surface area contributed by atoms with Crippen LogP contribution in [0, 0.1) is 0 Å². The van der Waals surface area contributed by atoms with Gasteiger partial charge in [0.1, 0.15) is 5.82 Å². The van der Waals surface area contributed by atoms with E-state index < -0.39 is 47.4 Å². The van der Waals surface area contributed by atoms with E-state index in [2.05, 4.69) is 0 Å². The second-order valence-electron chi connectivity index (χ2n) is 9.35. The Morgan fingerprint density at radius 2 is 1.15 bits per heavy atom. The number of imide groups is 1. The van der Waals surface area contributed by atoms with E-state index in [0.717, 1.165) is 29.7 Å². The van der Waals surface area contributed by atoms with Crippen LogP contribution in [0.25, 0.3) is 10.9 Å². The van der Waals surface area contributed by atoms with Crippen molar-refractivity contribution in [2.75, 3.05) is 5.01 Å². The average molecular weight is 556 g/mol. The molecular formula is C31H29N3O7. The highest BCUT2D eigenvalue weighted by molar-refractivity contribution is 6.12. The molecule has 2 atom stereocenters. The lowest BCUT2D eigenvalue weighted by atomic mass is 9.90. The van der Waals surface area contributed by atoms with Gasteiger partial charge in [0.25, 0.3) is 17.4 Å². The first-order chi connectivity index (χ1) is 19.6. The number of amides is 2. The maximum Gasteiger partial charge on any atom is 0.303 e. The minimum absolute atomic E-state index is 0.0536. The molecule has 4 aromatic rings. The van der Waals surface area contributed by atoms with Gasteiger partial charge in [0.05, 0.1) is 16.8 Å². The minimum Gasteiger partial charge on any atom is -0.453 e. The molecule has 2 amide bonds. The number of ether oxygens (including phenoxy) is 2. The van der Waals surface area contributed by atoms with Gasteiger partial charge in [0.15, 0.2) is 12.2 Å². The number of fused-ring (bicyclic) bond motifs is 1. The molecule has 210 valence electrons. The predicted molar refractivity (Wildman–Crippen MR) is 151 cm³/mol. The highest BCUT2D eigenvalue weighted by Gasteiger charge is 2.38. The van der Waals surface area contributed by atoms with Crippen molar-refractivity contribution in [3.8, 4) is 0 Å². The molecular weight excluding hydrogens is 526 g/mol. The van der Waals surface area contributed by atoms with Crippen molar-refractivity contribution in [2.45, 2.75) is 45.8 Å². The Morgan fingerprint density at radius 3 is 1.61 bits per heavy atom. The predicted octanol–water partition coefficient (Wildman–Crippen LogP) is 3.47. The van der Waals surface area contributed by atoms with E-state index >= 15 is 0 Å². The van der Waals surface area contributed by atoms with Crippen LogP contribution in [-0.2, 0) is 28.7 Å². The average Bonchev–Trinajstić information content (AvgIpc) is 2.95. The van der Waals surface area contributed by atoms with Gasteiger partial charge in [-0.05, 0) is 37.1 Å². The van der Waals surface area contributed by atoms with Gasteiger partial charge in [-0.2, -0.15) is 9.69 Å². The molecule has 0 unspecified atom stereocenters. The van der Waals surface area contributed by atoms with Crippen LogP contribution < -0.4 is 10.6 Å². The Labute approximate surface area is 236 Å². The van der Waals surface area contributed by atoms with Gasteiger partial charge < -0.3 is 9.47 Å². The lowest BCUT2D eigenvalue weighted by Gasteiger charge is -2.31. The SMILES string of the molecule is CC(=O)O[C@@H](C)C(=O)N(C(=O)[C@H](C)OC(C)=O)n1c(C(c2ccccc2)c2ccccc2)nc2ccccc2c1=O. The number of rotatable bonds is 8. The Hall–Kier alpha value is -5.12. The summed E-state index contributed by atoms with van der Waals surface area (Å²) in [5, 5.41) is 0.707. The first-order valence-corrected chi connectivity index (χ1v) is 12.9. The fourth-order valence-corrected chi connectivity index (χ4v) is 4.55. The summed E-state index contributed by atoms with van der Waals surface area (Å²) < 4.78 is 11.1. The van der Waals surface area contributed by atoms with E-state index in [0.29, 0.717) is 10.5 Å². The Balaban J connectivity index is 2.09. The quantitative estimate of drug-likeness (QED) is 0.303. The third kappa shape index (κ3) is 6.22. The molecule has 0 spiro atoms. The van der Waals surface area contributed by atoms with Crippen molar-refractivity contribution >= 4 is 34.7 Å². The van der Waals surface area contributed by atoms with Crippen LogP contribution in [0.3, 0.4) is 0 Å². The number of nitrogens with zero attached hydrogens (tertiary/aromatic N) is 3. The minimum atomic E-state index is -1.46. The van der Waals surface area contributed by atoms with E-state index in [9.17, 15) is 24.0 Å². The molecule has 1 aromatic heterocycles. The van der Waals surface area contributed by atoms with Gasteiger partial charge in [-0.15, -0.1) is 0 Å². The van der Waals surface area contributed by atoms with Crippen molar-refractivity contribution in [2.24, 2.45) is 0 Å². The molecule has 0 radical (unpaired) electrons. The molecule has 0 saturated heterocycles. The van der Waals surface area contributed by atoms with Gasteiger partial charge in [-0.3, -0.25) is 24.0 Å². The molecule has 0 aliphatic carbocycles. The van der Waals surface area contributed by atoms with Crippen molar-refractivity contribution in [1.82, 2.24) is 9.66 Å². The topological polar surface area (TPSA) is 125 Å². The Morgan fingerprint density at radius 1 is 0.707 bits per heavy atom. The van der Waals surface area contributed by atoms with E-state index in [1.807, 2.05) is 60.7 Å². The molecule has 3 aromatic carbocycles. The standard InChI is InChI=1S/C31H29N3O7/c1-19(40-21(3)35)29(37)34(30(38)20(2)41-22(4)36)33-28(32-26-18-12-11-17-25(26)31(33)39)27(23-13-7-5-8-14-23)24-15-9-6-10-16-24/h5-20,27H,1-4H3/t19-,20-/m0/s1. The van der Waals surface area contributed by atoms with Crippen molar-refractivity contribution < 1.29 is 28.7 Å². The zero-order valence-corrected chi connectivity index (χ0v) is 23.0. The molecule has 0 saturated carbocycles. The molecule has 4 rings (SSSR count). The molecule has 1 heterocycles. The van der Waals surface area contributed by atoms with E-state index in [1.54, 1.807) is 18.2 Å². The van der Waals surface area contributed by atoms with Crippen LogP contribution >= 0.6 is 0 Å². The third-order valence-corrected chi connectivity index (χ3v) is 6.30. The second kappa shape index (κ2) is 12.4. The number of aromatic nitrogens is 2. The van der Waals surface area contributed by atoms with Gasteiger partial charge in [0.2, 0.25) is 0 Å². The molecule has 0 fully saturated rings.